The molecule has 0 amide bonds. The average Bonchev–Trinajstić information content (AvgIpc) is 2.49. The van der Waals surface area contributed by atoms with Gasteiger partial charge < -0.3 is 5.11 Å². The van der Waals surface area contributed by atoms with E-state index in [0.717, 1.165) is 32.1 Å². The molecule has 2 heteroatoms. The van der Waals surface area contributed by atoms with Gasteiger partial charge in [-0.25, -0.2) is 0 Å². The fraction of sp³-hybridized carbons (Fsp3) is 0.842. The number of hydrogen-bond donors (Lipinski definition) is 1. The van der Waals surface area contributed by atoms with Crippen molar-refractivity contribution in [1.82, 2.24) is 0 Å². The summed E-state index contributed by atoms with van der Waals surface area (Å²) in [7, 11) is 0. The Labute approximate surface area is 132 Å². The lowest BCUT2D eigenvalue weighted by Crippen LogP contribution is -2.12. The molecular formula is C19H34O2. The number of carboxylic acids is 1. The molecule has 122 valence electrons. The lowest BCUT2D eigenvalue weighted by atomic mass is 9.96. The molecule has 0 aliphatic heterocycles. The number of carbonyl (C=O) groups is 1. The third-order valence-electron chi connectivity index (χ3n) is 4.51. The summed E-state index contributed by atoms with van der Waals surface area (Å²) in [5, 5.41) is 9.30. The van der Waals surface area contributed by atoms with E-state index in [9.17, 15) is 9.90 Å². The number of rotatable bonds is 1. The molecule has 1 unspecified atom stereocenters. The van der Waals surface area contributed by atoms with E-state index in [4.69, 9.17) is 1.37 Å². The molecule has 21 heavy (non-hydrogen) atoms. The van der Waals surface area contributed by atoms with Gasteiger partial charge in [-0.2, -0.15) is 0 Å². The summed E-state index contributed by atoms with van der Waals surface area (Å²) in [6.07, 6.45) is 19.2. The Morgan fingerprint density at radius 2 is 1.33 bits per heavy atom. The number of hydrogen-bond acceptors (Lipinski definition) is 1. The number of allylic oxidation sites excluding steroid dienone is 2. The van der Waals surface area contributed by atoms with Gasteiger partial charge in [0.05, 0.1) is 7.29 Å². The molecule has 1 rings (SSSR count). The van der Waals surface area contributed by atoms with Crippen molar-refractivity contribution in [2.24, 2.45) is 5.92 Å². The van der Waals surface area contributed by atoms with E-state index in [1.165, 1.54) is 57.8 Å². The molecule has 0 aromatic carbocycles. The predicted molar refractivity (Wildman–Crippen MR) is 89.5 cm³/mol. The summed E-state index contributed by atoms with van der Waals surface area (Å²) >= 11 is 0. The Kier molecular flexibility index (Phi) is 10.2. The van der Waals surface area contributed by atoms with Gasteiger partial charge in [0.25, 0.3) is 0 Å². The monoisotopic (exact) mass is 295 g/mol. The van der Waals surface area contributed by atoms with Crippen LogP contribution in [0.5, 0.6) is 0 Å². The van der Waals surface area contributed by atoms with Crippen molar-refractivity contribution in [2.75, 3.05) is 0 Å². The summed E-state index contributed by atoms with van der Waals surface area (Å²) in [5.74, 6) is -1.09. The SMILES string of the molecule is [2H]C1=CCCCCCCCCCCCCCCC(C(=O)O)C1. The molecule has 0 radical (unpaired) electrons. The van der Waals surface area contributed by atoms with Gasteiger partial charge in [-0.05, 0) is 25.7 Å². The highest BCUT2D eigenvalue weighted by Crippen LogP contribution is 2.18. The van der Waals surface area contributed by atoms with E-state index in [1.807, 2.05) is 6.08 Å². The zero-order valence-electron chi connectivity index (χ0n) is 14.6. The van der Waals surface area contributed by atoms with Crippen LogP contribution >= 0.6 is 0 Å². The molecule has 0 saturated carbocycles. The molecule has 0 heterocycles. The molecule has 0 fully saturated rings. The van der Waals surface area contributed by atoms with Crippen LogP contribution in [0.1, 0.15) is 97.7 Å². The van der Waals surface area contributed by atoms with Crippen molar-refractivity contribution in [3.05, 3.63) is 12.1 Å². The summed E-state index contributed by atoms with van der Waals surface area (Å²) in [6.45, 7) is 0. The van der Waals surface area contributed by atoms with Crippen LogP contribution in [0.4, 0.5) is 0 Å². The minimum absolute atomic E-state index is 0.359. The quantitative estimate of drug-likeness (QED) is 0.593. The average molecular weight is 295 g/mol. The fourth-order valence-corrected chi connectivity index (χ4v) is 3.05. The van der Waals surface area contributed by atoms with Crippen LogP contribution in [-0.4, -0.2) is 11.1 Å². The molecule has 1 aliphatic rings. The van der Waals surface area contributed by atoms with Crippen molar-refractivity contribution >= 4 is 5.97 Å². The maximum Gasteiger partial charge on any atom is 0.306 e. The van der Waals surface area contributed by atoms with Crippen molar-refractivity contribution in [2.45, 2.75) is 96.3 Å². The zero-order chi connectivity index (χ0) is 16.0. The first-order valence-electron chi connectivity index (χ1n) is 9.58. The van der Waals surface area contributed by atoms with Gasteiger partial charge in [-0.3, -0.25) is 4.79 Å². The van der Waals surface area contributed by atoms with E-state index in [-0.39, 0.29) is 5.92 Å². The zero-order valence-corrected chi connectivity index (χ0v) is 13.6. The second-order valence-electron chi connectivity index (χ2n) is 6.47. The van der Waals surface area contributed by atoms with Gasteiger partial charge >= 0.3 is 5.97 Å². The maximum absolute atomic E-state index is 11.3. The van der Waals surface area contributed by atoms with E-state index in [2.05, 4.69) is 0 Å². The minimum Gasteiger partial charge on any atom is -0.481 e. The highest BCUT2D eigenvalue weighted by atomic mass is 16.4. The Morgan fingerprint density at radius 1 is 0.857 bits per heavy atom. The lowest BCUT2D eigenvalue weighted by Gasteiger charge is -2.10. The van der Waals surface area contributed by atoms with Gasteiger partial charge in [-0.1, -0.05) is 82.8 Å². The van der Waals surface area contributed by atoms with E-state index >= 15 is 0 Å². The van der Waals surface area contributed by atoms with Crippen LogP contribution in [0, 0.1) is 5.92 Å². The maximum atomic E-state index is 11.3. The first-order chi connectivity index (χ1) is 10.7. The summed E-state index contributed by atoms with van der Waals surface area (Å²) in [5.41, 5.74) is 0. The van der Waals surface area contributed by atoms with E-state index in [1.54, 1.807) is 0 Å². The van der Waals surface area contributed by atoms with Crippen molar-refractivity contribution in [1.29, 1.82) is 0 Å². The van der Waals surface area contributed by atoms with E-state index < -0.39 is 5.97 Å². The minimum atomic E-state index is -0.729. The smallest absolute Gasteiger partial charge is 0.306 e. The second-order valence-corrected chi connectivity index (χ2v) is 6.47. The molecule has 0 spiro atoms. The van der Waals surface area contributed by atoms with Crippen molar-refractivity contribution in [3.63, 3.8) is 0 Å². The summed E-state index contributed by atoms with van der Waals surface area (Å²) in [4.78, 5) is 11.3. The third-order valence-corrected chi connectivity index (χ3v) is 4.51. The summed E-state index contributed by atoms with van der Waals surface area (Å²) in [6, 6.07) is 0.522. The van der Waals surface area contributed by atoms with Crippen LogP contribution in [0.2, 0.25) is 0 Å². The Morgan fingerprint density at radius 3 is 1.86 bits per heavy atom. The second kappa shape index (κ2) is 12.9. The molecule has 0 saturated heterocycles. The van der Waals surface area contributed by atoms with Crippen LogP contribution in [-0.2, 0) is 4.79 Å². The number of carboxylic acid groups (broad SMARTS) is 1. The van der Waals surface area contributed by atoms with Crippen LogP contribution in [0.15, 0.2) is 12.1 Å². The van der Waals surface area contributed by atoms with Crippen LogP contribution in [0.25, 0.3) is 0 Å². The normalized spacial score (nSPS) is 26.0. The van der Waals surface area contributed by atoms with Crippen LogP contribution < -0.4 is 0 Å². The molecule has 0 aromatic heterocycles. The van der Waals surface area contributed by atoms with Crippen molar-refractivity contribution in [3.8, 4) is 0 Å². The largest absolute Gasteiger partial charge is 0.481 e. The van der Waals surface area contributed by atoms with Gasteiger partial charge in [0.2, 0.25) is 0 Å². The fourth-order valence-electron chi connectivity index (χ4n) is 3.05. The topological polar surface area (TPSA) is 37.3 Å². The molecule has 1 atom stereocenters. The molecular weight excluding hydrogens is 260 g/mol. The molecule has 0 bridgehead atoms. The molecule has 0 aromatic rings. The predicted octanol–water partition coefficient (Wildman–Crippen LogP) is 6.11. The van der Waals surface area contributed by atoms with Gasteiger partial charge in [0, 0.05) is 0 Å². The van der Waals surface area contributed by atoms with Gasteiger partial charge in [0.15, 0.2) is 0 Å². The Bertz CT molecular complexity index is 325. The number of aliphatic carboxylic acids is 1. The highest BCUT2D eigenvalue weighted by Gasteiger charge is 2.14. The first-order valence-corrected chi connectivity index (χ1v) is 9.08. The van der Waals surface area contributed by atoms with Crippen molar-refractivity contribution < 1.29 is 11.3 Å². The van der Waals surface area contributed by atoms with Crippen LogP contribution in [0.3, 0.4) is 0 Å². The van der Waals surface area contributed by atoms with E-state index in [0.29, 0.717) is 12.5 Å². The van der Waals surface area contributed by atoms with Gasteiger partial charge in [-0.15, -0.1) is 0 Å². The Balaban J connectivity index is 2.41. The van der Waals surface area contributed by atoms with Gasteiger partial charge in [0.1, 0.15) is 0 Å². The molecule has 2 nitrogen and oxygen atoms in total. The standard InChI is InChI=1S/C19H34O2/c20-19(21)18-16-14-12-10-8-6-4-2-1-3-5-7-9-11-13-15-17-18/h12,14,18H,1-11,13,15-17H2,(H,20,21)/i14D. The third kappa shape index (κ3) is 10.6. The molecule has 1 N–H and O–H groups in total. The highest BCUT2D eigenvalue weighted by molar-refractivity contribution is 5.70. The molecule has 1 aliphatic carbocycles. The first kappa shape index (κ1) is 16.6. The lowest BCUT2D eigenvalue weighted by molar-refractivity contribution is -0.141. The Hall–Kier alpha value is -0.790. The summed E-state index contributed by atoms with van der Waals surface area (Å²) < 4.78 is 7.97.